The second-order valence-corrected chi connectivity index (χ2v) is 5.49. The highest BCUT2D eigenvalue weighted by Crippen LogP contribution is 2.29. The molecule has 2 unspecified atom stereocenters. The van der Waals surface area contributed by atoms with Crippen molar-refractivity contribution < 1.29 is 9.59 Å². The third kappa shape index (κ3) is 3.82. The van der Waals surface area contributed by atoms with E-state index >= 15 is 0 Å². The van der Waals surface area contributed by atoms with Gasteiger partial charge in [0.25, 0.3) is 0 Å². The van der Waals surface area contributed by atoms with E-state index in [1.54, 1.807) is 6.92 Å². The normalized spacial score (nSPS) is 23.5. The van der Waals surface area contributed by atoms with Crippen molar-refractivity contribution in [2.75, 3.05) is 5.75 Å². The Morgan fingerprint density at radius 1 is 1.67 bits per heavy atom. The second-order valence-electron chi connectivity index (χ2n) is 4.29. The lowest BCUT2D eigenvalue weighted by atomic mass is 9.82. The van der Waals surface area contributed by atoms with Crippen molar-refractivity contribution in [1.82, 2.24) is 0 Å². The van der Waals surface area contributed by atoms with Crippen LogP contribution < -0.4 is 0 Å². The lowest BCUT2D eigenvalue weighted by Crippen LogP contribution is -2.22. The molecule has 0 bridgehead atoms. The first-order valence-electron chi connectivity index (χ1n) is 5.34. The van der Waals surface area contributed by atoms with Gasteiger partial charge in [-0.25, -0.2) is 0 Å². The van der Waals surface area contributed by atoms with Crippen molar-refractivity contribution in [2.45, 2.75) is 33.6 Å². The summed E-state index contributed by atoms with van der Waals surface area (Å²) in [4.78, 5) is 22.3. The Morgan fingerprint density at radius 2 is 2.33 bits per heavy atom. The number of Topliss-reactive ketones (excluding diaryl/α,β-unsaturated/α-hetero) is 1. The van der Waals surface area contributed by atoms with Crippen LogP contribution in [0, 0.1) is 11.8 Å². The summed E-state index contributed by atoms with van der Waals surface area (Å²) in [6.07, 6.45) is 3.67. The molecule has 3 heteroatoms. The molecule has 0 saturated carbocycles. The monoisotopic (exact) mass is 226 g/mol. The Morgan fingerprint density at radius 3 is 2.87 bits per heavy atom. The minimum atomic E-state index is 0.163. The van der Waals surface area contributed by atoms with Gasteiger partial charge in [-0.1, -0.05) is 24.8 Å². The predicted octanol–water partition coefficient (Wildman–Crippen LogP) is 2.83. The van der Waals surface area contributed by atoms with E-state index in [1.165, 1.54) is 11.8 Å². The fourth-order valence-electron chi connectivity index (χ4n) is 1.74. The number of hydrogen-bond acceptors (Lipinski definition) is 3. The summed E-state index contributed by atoms with van der Waals surface area (Å²) in [5.74, 6) is 1.96. The Kier molecular flexibility index (Phi) is 4.58. The zero-order valence-corrected chi connectivity index (χ0v) is 10.4. The minimum Gasteiger partial charge on any atom is -0.295 e. The third-order valence-corrected chi connectivity index (χ3v) is 4.07. The van der Waals surface area contributed by atoms with Crippen LogP contribution >= 0.6 is 11.8 Å². The van der Waals surface area contributed by atoms with Crippen LogP contribution in [0.15, 0.2) is 11.6 Å². The van der Waals surface area contributed by atoms with Gasteiger partial charge in [-0.05, 0) is 30.8 Å². The summed E-state index contributed by atoms with van der Waals surface area (Å²) in [6.45, 7) is 5.60. The third-order valence-electron chi connectivity index (χ3n) is 2.97. The van der Waals surface area contributed by atoms with Crippen molar-refractivity contribution in [1.29, 1.82) is 0 Å². The first kappa shape index (κ1) is 12.5. The molecule has 0 fully saturated rings. The van der Waals surface area contributed by atoms with E-state index in [9.17, 15) is 9.59 Å². The second kappa shape index (κ2) is 5.50. The Labute approximate surface area is 95.5 Å². The van der Waals surface area contributed by atoms with E-state index in [-0.39, 0.29) is 10.9 Å². The Hall–Kier alpha value is -0.570. The largest absolute Gasteiger partial charge is 0.295 e. The standard InChI is InChI=1S/C12H18O2S/c1-8-4-5-11(6-12(8)14)9(2)7-15-10(3)13/h4,9,11H,5-7H2,1-3H3. The molecule has 0 aliphatic heterocycles. The Bertz CT molecular complexity index is 294. The Balaban J connectivity index is 2.45. The number of thioether (sulfide) groups is 1. The average molecular weight is 226 g/mol. The SMILES string of the molecule is CC(=O)SCC(C)C1CC=C(C)C(=O)C1. The zero-order valence-electron chi connectivity index (χ0n) is 9.58. The molecule has 0 radical (unpaired) electrons. The van der Waals surface area contributed by atoms with Crippen molar-refractivity contribution in [3.63, 3.8) is 0 Å². The van der Waals surface area contributed by atoms with E-state index in [0.29, 0.717) is 18.3 Å². The first-order valence-corrected chi connectivity index (χ1v) is 6.32. The molecule has 84 valence electrons. The summed E-state index contributed by atoms with van der Waals surface area (Å²) in [6, 6.07) is 0. The van der Waals surface area contributed by atoms with Crippen molar-refractivity contribution in [3.8, 4) is 0 Å². The molecular formula is C12H18O2S. The van der Waals surface area contributed by atoms with Crippen molar-refractivity contribution in [3.05, 3.63) is 11.6 Å². The zero-order chi connectivity index (χ0) is 11.4. The molecular weight excluding hydrogens is 208 g/mol. The summed E-state index contributed by atoms with van der Waals surface area (Å²) in [7, 11) is 0. The molecule has 0 heterocycles. The summed E-state index contributed by atoms with van der Waals surface area (Å²) in [5, 5.41) is 0.163. The highest BCUT2D eigenvalue weighted by atomic mass is 32.2. The van der Waals surface area contributed by atoms with Gasteiger partial charge >= 0.3 is 0 Å². The topological polar surface area (TPSA) is 34.1 Å². The molecule has 0 aromatic carbocycles. The van der Waals surface area contributed by atoms with Gasteiger partial charge in [0.2, 0.25) is 0 Å². The molecule has 1 aliphatic carbocycles. The van der Waals surface area contributed by atoms with E-state index in [2.05, 4.69) is 6.92 Å². The molecule has 1 aliphatic rings. The molecule has 0 saturated heterocycles. The maximum atomic E-state index is 11.5. The van der Waals surface area contributed by atoms with E-state index in [0.717, 1.165) is 17.7 Å². The molecule has 0 N–H and O–H groups in total. The predicted molar refractivity (Wildman–Crippen MR) is 63.8 cm³/mol. The van der Waals surface area contributed by atoms with Crippen LogP contribution in [0.5, 0.6) is 0 Å². The summed E-state index contributed by atoms with van der Waals surface area (Å²) in [5.41, 5.74) is 0.901. The van der Waals surface area contributed by atoms with E-state index in [1.807, 2.05) is 13.0 Å². The van der Waals surface area contributed by atoms with Gasteiger partial charge in [0.05, 0.1) is 0 Å². The number of carbonyl (C=O) groups is 2. The number of carbonyl (C=O) groups excluding carboxylic acids is 2. The molecule has 0 spiro atoms. The maximum Gasteiger partial charge on any atom is 0.185 e. The molecule has 1 rings (SSSR count). The smallest absolute Gasteiger partial charge is 0.185 e. The average Bonchev–Trinajstić information content (AvgIpc) is 2.18. The van der Waals surface area contributed by atoms with Crippen LogP contribution in [0.1, 0.15) is 33.6 Å². The minimum absolute atomic E-state index is 0.163. The van der Waals surface area contributed by atoms with Gasteiger partial charge in [0, 0.05) is 19.1 Å². The molecule has 0 aromatic rings. The van der Waals surface area contributed by atoms with Crippen LogP contribution in [0.2, 0.25) is 0 Å². The van der Waals surface area contributed by atoms with Crippen molar-refractivity contribution in [2.24, 2.45) is 11.8 Å². The molecule has 15 heavy (non-hydrogen) atoms. The van der Waals surface area contributed by atoms with Gasteiger partial charge in [0.1, 0.15) is 0 Å². The highest BCUT2D eigenvalue weighted by molar-refractivity contribution is 8.13. The lowest BCUT2D eigenvalue weighted by Gasteiger charge is -2.25. The van der Waals surface area contributed by atoms with E-state index < -0.39 is 0 Å². The molecule has 2 nitrogen and oxygen atoms in total. The van der Waals surface area contributed by atoms with Gasteiger partial charge in [-0.15, -0.1) is 0 Å². The van der Waals surface area contributed by atoms with Gasteiger partial charge < -0.3 is 0 Å². The van der Waals surface area contributed by atoms with E-state index in [4.69, 9.17) is 0 Å². The fourth-order valence-corrected chi connectivity index (χ4v) is 2.51. The summed E-state index contributed by atoms with van der Waals surface area (Å²) < 4.78 is 0. The number of allylic oxidation sites excluding steroid dienone is 2. The first-order chi connectivity index (χ1) is 7.00. The summed E-state index contributed by atoms with van der Waals surface area (Å²) >= 11 is 1.36. The quantitative estimate of drug-likeness (QED) is 0.742. The van der Waals surface area contributed by atoms with Crippen LogP contribution in [-0.2, 0) is 9.59 Å². The highest BCUT2D eigenvalue weighted by Gasteiger charge is 2.24. The van der Waals surface area contributed by atoms with Crippen LogP contribution in [-0.4, -0.2) is 16.7 Å². The molecule has 2 atom stereocenters. The van der Waals surface area contributed by atoms with Crippen molar-refractivity contribution >= 4 is 22.7 Å². The number of ketones is 1. The number of hydrogen-bond donors (Lipinski definition) is 0. The van der Waals surface area contributed by atoms with Crippen LogP contribution in [0.4, 0.5) is 0 Å². The van der Waals surface area contributed by atoms with Gasteiger partial charge in [0.15, 0.2) is 10.9 Å². The number of rotatable bonds is 3. The maximum absolute atomic E-state index is 11.5. The van der Waals surface area contributed by atoms with Gasteiger partial charge in [-0.2, -0.15) is 0 Å². The fraction of sp³-hybridized carbons (Fsp3) is 0.667. The molecule has 0 aromatic heterocycles. The lowest BCUT2D eigenvalue weighted by molar-refractivity contribution is -0.117. The van der Waals surface area contributed by atoms with Gasteiger partial charge in [-0.3, -0.25) is 9.59 Å². The molecule has 0 amide bonds. The van der Waals surface area contributed by atoms with Crippen LogP contribution in [0.25, 0.3) is 0 Å². The van der Waals surface area contributed by atoms with Crippen LogP contribution in [0.3, 0.4) is 0 Å².